The minimum absolute atomic E-state index is 0.353. The van der Waals surface area contributed by atoms with Crippen LogP contribution in [-0.2, 0) is 15.1 Å². The molecule has 33 heavy (non-hydrogen) atoms. The van der Waals surface area contributed by atoms with Gasteiger partial charge in [0.05, 0.1) is 12.5 Å². The van der Waals surface area contributed by atoms with Crippen LogP contribution in [0.15, 0.2) is 81.1 Å². The second-order valence-electron chi connectivity index (χ2n) is 7.94. The first-order chi connectivity index (χ1) is 16.0. The summed E-state index contributed by atoms with van der Waals surface area (Å²) >= 11 is 0. The number of furan rings is 2. The molecule has 5 rings (SSSR count). The number of benzene rings is 1. The van der Waals surface area contributed by atoms with Gasteiger partial charge in [0, 0.05) is 6.42 Å². The average Bonchev–Trinajstić information content (AvgIpc) is 3.63. The molecule has 4 heterocycles. The summed E-state index contributed by atoms with van der Waals surface area (Å²) in [4.78, 5) is 40.5. The molecule has 2 atom stereocenters. The van der Waals surface area contributed by atoms with Crippen molar-refractivity contribution in [1.82, 2.24) is 15.2 Å². The highest BCUT2D eigenvalue weighted by atomic mass is 16.3. The van der Waals surface area contributed by atoms with Gasteiger partial charge in [0.2, 0.25) is 0 Å². The highest BCUT2D eigenvalue weighted by Gasteiger charge is 2.52. The third-order valence-electron chi connectivity index (χ3n) is 6.11. The predicted molar refractivity (Wildman–Crippen MR) is 117 cm³/mol. The van der Waals surface area contributed by atoms with E-state index in [0.29, 0.717) is 35.6 Å². The number of carbonyl (C=O) groups excluding carboxylic acids is 3. The van der Waals surface area contributed by atoms with Crippen LogP contribution in [0.5, 0.6) is 0 Å². The van der Waals surface area contributed by atoms with Crippen molar-refractivity contribution >= 4 is 23.6 Å². The molecule has 9 nitrogen and oxygen atoms in total. The topological polar surface area (TPSA) is 108 Å². The fourth-order valence-electron chi connectivity index (χ4n) is 4.37. The van der Waals surface area contributed by atoms with Crippen molar-refractivity contribution in [2.75, 3.05) is 6.54 Å². The molecule has 0 saturated carbocycles. The monoisotopic (exact) mass is 446 g/mol. The van der Waals surface area contributed by atoms with E-state index in [9.17, 15) is 14.4 Å². The highest BCUT2D eigenvalue weighted by molar-refractivity contribution is 6.09. The van der Waals surface area contributed by atoms with Gasteiger partial charge >= 0.3 is 6.03 Å². The number of hydrogen-bond acceptors (Lipinski definition) is 6. The Morgan fingerprint density at radius 3 is 2.52 bits per heavy atom. The number of hydrogen-bond donors (Lipinski definition) is 1. The molecule has 0 bridgehead atoms. The quantitative estimate of drug-likeness (QED) is 0.584. The van der Waals surface area contributed by atoms with Gasteiger partial charge in [-0.15, -0.1) is 0 Å². The number of imide groups is 1. The van der Waals surface area contributed by atoms with E-state index in [2.05, 4.69) is 10.4 Å². The predicted octanol–water partition coefficient (Wildman–Crippen LogP) is 3.41. The number of hydrazone groups is 1. The van der Waals surface area contributed by atoms with Gasteiger partial charge in [-0.05, 0) is 36.2 Å². The number of nitrogens with one attached hydrogen (secondary N) is 1. The van der Waals surface area contributed by atoms with Crippen LogP contribution in [0.25, 0.3) is 0 Å². The molecule has 2 aromatic heterocycles. The molecule has 2 aliphatic rings. The molecule has 3 aromatic rings. The molecule has 4 amide bonds. The van der Waals surface area contributed by atoms with E-state index in [1.54, 1.807) is 36.4 Å². The Morgan fingerprint density at radius 2 is 1.85 bits per heavy atom. The number of carbonyl (C=O) groups is 3. The van der Waals surface area contributed by atoms with Gasteiger partial charge < -0.3 is 14.2 Å². The van der Waals surface area contributed by atoms with Gasteiger partial charge in [-0.3, -0.25) is 14.5 Å². The van der Waals surface area contributed by atoms with Crippen LogP contribution >= 0.6 is 0 Å². The summed E-state index contributed by atoms with van der Waals surface area (Å²) in [6.45, 7) is 1.38. The Labute approximate surface area is 189 Å². The summed E-state index contributed by atoms with van der Waals surface area (Å²) in [6, 6.07) is 14.9. The van der Waals surface area contributed by atoms with Gasteiger partial charge in [-0.1, -0.05) is 37.3 Å². The molecule has 9 heteroatoms. The minimum atomic E-state index is -1.20. The lowest BCUT2D eigenvalue weighted by molar-refractivity contribution is -0.140. The maximum Gasteiger partial charge on any atom is 0.325 e. The molecular formula is C24H22N4O5. The molecule has 1 N–H and O–H groups in total. The van der Waals surface area contributed by atoms with E-state index in [1.165, 1.54) is 17.5 Å². The SMILES string of the molecule is CCC1(c2ccccc2)NC(=O)N(CC(=O)N2N=C(c3ccco3)CC2c2ccco2)C1=O. The van der Waals surface area contributed by atoms with Crippen LogP contribution in [0.3, 0.4) is 0 Å². The van der Waals surface area contributed by atoms with Crippen LogP contribution in [-0.4, -0.2) is 40.0 Å². The van der Waals surface area contributed by atoms with Crippen molar-refractivity contribution in [3.05, 3.63) is 84.2 Å². The van der Waals surface area contributed by atoms with E-state index < -0.39 is 36.0 Å². The average molecular weight is 446 g/mol. The van der Waals surface area contributed by atoms with Crippen LogP contribution < -0.4 is 5.32 Å². The maximum absolute atomic E-state index is 13.4. The zero-order valence-electron chi connectivity index (χ0n) is 17.9. The minimum Gasteiger partial charge on any atom is -0.467 e. The van der Waals surface area contributed by atoms with E-state index in [1.807, 2.05) is 25.1 Å². The molecule has 0 radical (unpaired) electrons. The van der Waals surface area contributed by atoms with Crippen LogP contribution in [0.1, 0.15) is 42.9 Å². The number of amides is 4. The van der Waals surface area contributed by atoms with Crippen LogP contribution in [0.4, 0.5) is 4.79 Å². The second-order valence-corrected chi connectivity index (χ2v) is 7.94. The van der Waals surface area contributed by atoms with Crippen molar-refractivity contribution in [2.24, 2.45) is 5.10 Å². The molecule has 0 aliphatic carbocycles. The lowest BCUT2D eigenvalue weighted by Crippen LogP contribution is -2.45. The van der Waals surface area contributed by atoms with Crippen molar-refractivity contribution in [1.29, 1.82) is 0 Å². The largest absolute Gasteiger partial charge is 0.467 e. The first kappa shape index (κ1) is 20.7. The first-order valence-electron chi connectivity index (χ1n) is 10.7. The normalized spacial score (nSPS) is 22.6. The summed E-state index contributed by atoms with van der Waals surface area (Å²) in [5, 5.41) is 8.52. The van der Waals surface area contributed by atoms with E-state index >= 15 is 0 Å². The van der Waals surface area contributed by atoms with Gasteiger partial charge in [-0.2, -0.15) is 5.10 Å². The molecule has 0 spiro atoms. The number of urea groups is 1. The molecular weight excluding hydrogens is 424 g/mol. The summed E-state index contributed by atoms with van der Waals surface area (Å²) in [5.74, 6) is 0.143. The Kier molecular flexibility index (Phi) is 5.08. The van der Waals surface area contributed by atoms with Crippen molar-refractivity contribution in [2.45, 2.75) is 31.3 Å². The Bertz CT molecular complexity index is 1200. The van der Waals surface area contributed by atoms with Crippen molar-refractivity contribution in [3.8, 4) is 0 Å². The summed E-state index contributed by atoms with van der Waals surface area (Å²) in [7, 11) is 0. The lowest BCUT2D eigenvalue weighted by Gasteiger charge is -2.26. The molecule has 2 unspecified atom stereocenters. The van der Waals surface area contributed by atoms with Crippen molar-refractivity contribution < 1.29 is 23.2 Å². The third kappa shape index (κ3) is 3.42. The smallest absolute Gasteiger partial charge is 0.325 e. The molecule has 1 fully saturated rings. The zero-order chi connectivity index (χ0) is 23.0. The molecule has 1 saturated heterocycles. The van der Waals surface area contributed by atoms with Crippen LogP contribution in [0, 0.1) is 0 Å². The standard InChI is InChI=1S/C24H22N4O5/c1-2-24(16-8-4-3-5-9-16)22(30)27(23(31)25-24)15-21(29)28-18(20-11-7-13-33-20)14-17(26-28)19-10-6-12-32-19/h3-13,18H,2,14-15H2,1H3,(H,25,31). The zero-order valence-corrected chi connectivity index (χ0v) is 17.9. The van der Waals surface area contributed by atoms with Crippen molar-refractivity contribution in [3.63, 3.8) is 0 Å². The molecule has 168 valence electrons. The Balaban J connectivity index is 1.42. The molecule has 1 aromatic carbocycles. The lowest BCUT2D eigenvalue weighted by atomic mass is 9.87. The number of rotatable bonds is 6. The van der Waals surface area contributed by atoms with E-state index in [4.69, 9.17) is 8.83 Å². The summed E-state index contributed by atoms with van der Waals surface area (Å²) in [6.07, 6.45) is 3.79. The fraction of sp³-hybridized carbons (Fsp3) is 0.250. The van der Waals surface area contributed by atoms with Crippen LogP contribution in [0.2, 0.25) is 0 Å². The van der Waals surface area contributed by atoms with Gasteiger partial charge in [-0.25, -0.2) is 9.80 Å². The van der Waals surface area contributed by atoms with Gasteiger partial charge in [0.15, 0.2) is 0 Å². The maximum atomic E-state index is 13.4. The Morgan fingerprint density at radius 1 is 1.09 bits per heavy atom. The summed E-state index contributed by atoms with van der Waals surface area (Å²) in [5.41, 5.74) is 0.0554. The van der Waals surface area contributed by atoms with Gasteiger partial charge in [0.25, 0.3) is 11.8 Å². The van der Waals surface area contributed by atoms with E-state index in [0.717, 1.165) is 4.90 Å². The molecule has 2 aliphatic heterocycles. The number of nitrogens with zero attached hydrogens (tertiary/aromatic N) is 3. The second kappa shape index (κ2) is 8.09. The first-order valence-corrected chi connectivity index (χ1v) is 10.7. The Hall–Kier alpha value is -4.14. The van der Waals surface area contributed by atoms with Gasteiger partial charge in [0.1, 0.15) is 35.4 Å². The fourth-order valence-corrected chi connectivity index (χ4v) is 4.37. The van der Waals surface area contributed by atoms with E-state index in [-0.39, 0.29) is 0 Å². The third-order valence-corrected chi connectivity index (χ3v) is 6.11. The summed E-state index contributed by atoms with van der Waals surface area (Å²) < 4.78 is 11.0. The highest BCUT2D eigenvalue weighted by Crippen LogP contribution is 2.35.